The number of carbonyl (C=O) groups is 1. The van der Waals surface area contributed by atoms with Crippen LogP contribution in [0.3, 0.4) is 0 Å². The van der Waals surface area contributed by atoms with Crippen molar-refractivity contribution < 1.29 is 13.2 Å². The molecule has 1 heterocycles. The van der Waals surface area contributed by atoms with Crippen LogP contribution in [-0.2, 0) is 14.8 Å². The smallest absolute Gasteiger partial charge is 0.243 e. The van der Waals surface area contributed by atoms with Gasteiger partial charge in [0.05, 0.1) is 16.5 Å². The van der Waals surface area contributed by atoms with E-state index in [1.54, 1.807) is 11.8 Å². The number of amides is 1. The minimum atomic E-state index is -3.61. The van der Waals surface area contributed by atoms with E-state index in [0.29, 0.717) is 31.5 Å². The Labute approximate surface area is 169 Å². The van der Waals surface area contributed by atoms with Crippen molar-refractivity contribution in [2.45, 2.75) is 22.6 Å². The number of hydrogen-bond donors (Lipinski definition) is 1. The predicted octanol–water partition coefficient (Wildman–Crippen LogP) is 3.32. The number of rotatable bonds is 5. The lowest BCUT2D eigenvalue weighted by molar-refractivity contribution is -0.120. The van der Waals surface area contributed by atoms with E-state index in [0.717, 1.165) is 10.6 Å². The highest BCUT2D eigenvalue weighted by Crippen LogP contribution is 2.26. The molecule has 2 aromatic rings. The number of sulfonamides is 1. The Morgan fingerprint density at radius 3 is 2.46 bits per heavy atom. The SMILES string of the molecule is CSc1cccc(NC(=O)C2CCN(S(=O)(=O)c3ccc(C#N)cc3)CC2)c1. The topological polar surface area (TPSA) is 90.3 Å². The Morgan fingerprint density at radius 1 is 1.18 bits per heavy atom. The third kappa shape index (κ3) is 4.55. The largest absolute Gasteiger partial charge is 0.326 e. The van der Waals surface area contributed by atoms with Crippen LogP contribution in [0.2, 0.25) is 0 Å². The molecule has 1 aliphatic rings. The molecule has 0 unspecified atom stereocenters. The average molecular weight is 416 g/mol. The monoisotopic (exact) mass is 415 g/mol. The van der Waals surface area contributed by atoms with Crippen LogP contribution in [0, 0.1) is 17.2 Å². The molecule has 1 saturated heterocycles. The van der Waals surface area contributed by atoms with Crippen LogP contribution in [0.15, 0.2) is 58.3 Å². The highest BCUT2D eigenvalue weighted by Gasteiger charge is 2.32. The van der Waals surface area contributed by atoms with Crippen LogP contribution in [0.5, 0.6) is 0 Å². The second-order valence-electron chi connectivity index (χ2n) is 6.54. The number of nitrogens with zero attached hydrogens (tertiary/aromatic N) is 2. The van der Waals surface area contributed by atoms with E-state index in [1.165, 1.54) is 28.6 Å². The molecular formula is C20H21N3O3S2. The summed E-state index contributed by atoms with van der Waals surface area (Å²) in [4.78, 5) is 13.8. The summed E-state index contributed by atoms with van der Waals surface area (Å²) in [5, 5.41) is 11.8. The second-order valence-corrected chi connectivity index (χ2v) is 9.35. The molecule has 3 rings (SSSR count). The molecule has 1 N–H and O–H groups in total. The maximum absolute atomic E-state index is 12.8. The number of hydrogen-bond acceptors (Lipinski definition) is 5. The molecule has 0 radical (unpaired) electrons. The first-order valence-corrected chi connectivity index (χ1v) is 11.6. The molecule has 0 aromatic heterocycles. The summed E-state index contributed by atoms with van der Waals surface area (Å²) in [5.41, 5.74) is 1.17. The van der Waals surface area contributed by atoms with Gasteiger partial charge in [-0.15, -0.1) is 11.8 Å². The zero-order valence-corrected chi connectivity index (χ0v) is 17.1. The average Bonchev–Trinajstić information content (AvgIpc) is 2.74. The summed E-state index contributed by atoms with van der Waals surface area (Å²) in [5.74, 6) is -0.293. The Hall–Kier alpha value is -2.34. The van der Waals surface area contributed by atoms with E-state index in [1.807, 2.05) is 36.6 Å². The van der Waals surface area contributed by atoms with E-state index in [2.05, 4.69) is 5.32 Å². The van der Waals surface area contributed by atoms with Crippen LogP contribution in [-0.4, -0.2) is 38.0 Å². The Morgan fingerprint density at radius 2 is 1.86 bits per heavy atom. The molecule has 0 spiro atoms. The zero-order chi connectivity index (χ0) is 20.1. The van der Waals surface area contributed by atoms with Crippen molar-refractivity contribution in [2.75, 3.05) is 24.7 Å². The molecule has 0 aliphatic carbocycles. The highest BCUT2D eigenvalue weighted by atomic mass is 32.2. The number of piperidine rings is 1. The summed E-state index contributed by atoms with van der Waals surface area (Å²) in [7, 11) is -3.61. The number of benzene rings is 2. The first-order chi connectivity index (χ1) is 13.4. The minimum Gasteiger partial charge on any atom is -0.326 e. The van der Waals surface area contributed by atoms with Crippen molar-refractivity contribution in [3.63, 3.8) is 0 Å². The van der Waals surface area contributed by atoms with Gasteiger partial charge in [0.2, 0.25) is 15.9 Å². The lowest BCUT2D eigenvalue weighted by Gasteiger charge is -2.30. The molecule has 1 amide bonds. The van der Waals surface area contributed by atoms with Crippen LogP contribution < -0.4 is 5.32 Å². The molecule has 8 heteroatoms. The normalized spacial score (nSPS) is 15.7. The molecule has 0 bridgehead atoms. The van der Waals surface area contributed by atoms with E-state index in [9.17, 15) is 13.2 Å². The van der Waals surface area contributed by atoms with Crippen LogP contribution in [0.1, 0.15) is 18.4 Å². The first-order valence-electron chi connectivity index (χ1n) is 8.89. The molecule has 0 atom stereocenters. The molecule has 6 nitrogen and oxygen atoms in total. The van der Waals surface area contributed by atoms with Crippen LogP contribution >= 0.6 is 11.8 Å². The molecule has 1 aliphatic heterocycles. The van der Waals surface area contributed by atoms with Gasteiger partial charge in [-0.1, -0.05) is 6.07 Å². The van der Waals surface area contributed by atoms with Gasteiger partial charge < -0.3 is 5.32 Å². The first kappa shape index (κ1) is 20.4. The number of carbonyl (C=O) groups excluding carboxylic acids is 1. The Balaban J connectivity index is 1.61. The second kappa shape index (κ2) is 8.78. The van der Waals surface area contributed by atoms with Gasteiger partial charge >= 0.3 is 0 Å². The van der Waals surface area contributed by atoms with Gasteiger partial charge in [0.15, 0.2) is 0 Å². The minimum absolute atomic E-state index is 0.0753. The van der Waals surface area contributed by atoms with Crippen LogP contribution in [0.25, 0.3) is 0 Å². The van der Waals surface area contributed by atoms with Crippen molar-refractivity contribution in [2.24, 2.45) is 5.92 Å². The molecule has 146 valence electrons. The van der Waals surface area contributed by atoms with Gasteiger partial charge in [-0.25, -0.2) is 8.42 Å². The third-order valence-corrected chi connectivity index (χ3v) is 7.42. The number of nitrogens with one attached hydrogen (secondary N) is 1. The molecular weight excluding hydrogens is 394 g/mol. The van der Waals surface area contributed by atoms with Gasteiger partial charge in [-0.05, 0) is 61.6 Å². The van der Waals surface area contributed by atoms with Gasteiger partial charge in [0.1, 0.15) is 0 Å². The van der Waals surface area contributed by atoms with Gasteiger partial charge in [0, 0.05) is 29.6 Å². The lowest BCUT2D eigenvalue weighted by Crippen LogP contribution is -2.41. The maximum Gasteiger partial charge on any atom is 0.243 e. The van der Waals surface area contributed by atoms with Crippen molar-refractivity contribution in [3.8, 4) is 6.07 Å². The van der Waals surface area contributed by atoms with Gasteiger partial charge in [-0.3, -0.25) is 4.79 Å². The predicted molar refractivity (Wildman–Crippen MR) is 109 cm³/mol. The summed E-state index contributed by atoms with van der Waals surface area (Å²) in [6.07, 6.45) is 2.93. The highest BCUT2D eigenvalue weighted by molar-refractivity contribution is 7.98. The molecule has 2 aromatic carbocycles. The zero-order valence-electron chi connectivity index (χ0n) is 15.5. The number of thioether (sulfide) groups is 1. The Kier molecular flexibility index (Phi) is 6.39. The van der Waals surface area contributed by atoms with Gasteiger partial charge in [0.25, 0.3) is 0 Å². The number of anilines is 1. The van der Waals surface area contributed by atoms with Crippen LogP contribution in [0.4, 0.5) is 5.69 Å². The summed E-state index contributed by atoms with van der Waals surface area (Å²) < 4.78 is 26.9. The van der Waals surface area contributed by atoms with E-state index < -0.39 is 10.0 Å². The van der Waals surface area contributed by atoms with E-state index in [-0.39, 0.29) is 16.7 Å². The lowest BCUT2D eigenvalue weighted by atomic mass is 9.97. The van der Waals surface area contributed by atoms with Crippen molar-refractivity contribution >= 4 is 33.4 Å². The Bertz CT molecular complexity index is 990. The molecule has 28 heavy (non-hydrogen) atoms. The van der Waals surface area contributed by atoms with Crippen molar-refractivity contribution in [3.05, 3.63) is 54.1 Å². The standard InChI is InChI=1S/C20H21N3O3S2/c1-27-18-4-2-3-17(13-18)22-20(24)16-9-11-23(12-10-16)28(25,26)19-7-5-15(14-21)6-8-19/h2-8,13,16H,9-12H2,1H3,(H,22,24). The summed E-state index contributed by atoms with van der Waals surface area (Å²) in [6, 6.07) is 15.5. The fourth-order valence-electron chi connectivity index (χ4n) is 3.15. The summed E-state index contributed by atoms with van der Waals surface area (Å²) >= 11 is 1.61. The molecule has 1 fully saturated rings. The third-order valence-electron chi connectivity index (χ3n) is 4.78. The fourth-order valence-corrected chi connectivity index (χ4v) is 5.08. The van der Waals surface area contributed by atoms with Gasteiger partial charge in [-0.2, -0.15) is 9.57 Å². The van der Waals surface area contributed by atoms with E-state index >= 15 is 0 Å². The number of nitriles is 1. The summed E-state index contributed by atoms with van der Waals surface area (Å²) in [6.45, 7) is 0.594. The quantitative estimate of drug-likeness (QED) is 0.757. The van der Waals surface area contributed by atoms with E-state index in [4.69, 9.17) is 5.26 Å². The van der Waals surface area contributed by atoms with Crippen molar-refractivity contribution in [1.82, 2.24) is 4.31 Å². The maximum atomic E-state index is 12.8. The fraction of sp³-hybridized carbons (Fsp3) is 0.300. The van der Waals surface area contributed by atoms with Crippen molar-refractivity contribution in [1.29, 1.82) is 5.26 Å². The molecule has 0 saturated carbocycles.